The van der Waals surface area contributed by atoms with Crippen LogP contribution in [-0.2, 0) is 12.7 Å². The van der Waals surface area contributed by atoms with Crippen LogP contribution >= 0.6 is 12.2 Å². The first-order chi connectivity index (χ1) is 8.36. The van der Waals surface area contributed by atoms with Crippen molar-refractivity contribution < 1.29 is 13.2 Å². The summed E-state index contributed by atoms with van der Waals surface area (Å²) in [5.74, 6) is 0. The second-order valence-electron chi connectivity index (χ2n) is 4.04. The quantitative estimate of drug-likeness (QED) is 0.662. The molecule has 1 rings (SSSR count). The molecule has 0 saturated carbocycles. The molecule has 0 bridgehead atoms. The average Bonchev–Trinajstić information content (AvgIpc) is 2.25. The Hall–Kier alpha value is -1.11. The minimum absolute atomic E-state index is 0.175. The van der Waals surface area contributed by atoms with Crippen molar-refractivity contribution in [1.82, 2.24) is 9.55 Å². The molecule has 0 saturated heterocycles. The normalized spacial score (nSPS) is 11.8. The molecule has 0 aromatic carbocycles. The van der Waals surface area contributed by atoms with Crippen molar-refractivity contribution in [1.29, 1.82) is 0 Å². The van der Waals surface area contributed by atoms with Crippen LogP contribution in [0.3, 0.4) is 0 Å². The average molecular weight is 280 g/mol. The zero-order chi connectivity index (χ0) is 13.8. The Kier molecular flexibility index (Phi) is 5.13. The summed E-state index contributed by atoms with van der Waals surface area (Å²) in [6.07, 6.45) is -0.829. The van der Waals surface area contributed by atoms with Crippen LogP contribution in [-0.4, -0.2) is 9.55 Å². The second-order valence-corrected chi connectivity index (χ2v) is 4.42. The highest BCUT2D eigenvalue weighted by molar-refractivity contribution is 7.71. The Bertz CT molecular complexity index is 473. The topological polar surface area (TPSA) is 37.8 Å². The Morgan fingerprint density at radius 1 is 1.33 bits per heavy atom. The number of halogens is 3. The zero-order valence-corrected chi connectivity index (χ0v) is 10.8. The monoisotopic (exact) mass is 280 g/mol. The molecule has 18 heavy (non-hydrogen) atoms. The van der Waals surface area contributed by atoms with Crippen molar-refractivity contribution in [2.45, 2.75) is 45.3 Å². The number of nitrogens with one attached hydrogen (secondary N) is 1. The molecule has 0 aliphatic rings. The van der Waals surface area contributed by atoms with Crippen LogP contribution in [0.5, 0.6) is 0 Å². The zero-order valence-electron chi connectivity index (χ0n) is 10.0. The Labute approximate surface area is 108 Å². The highest BCUT2D eigenvalue weighted by atomic mass is 32.1. The Morgan fingerprint density at radius 2 is 2.00 bits per heavy atom. The molecule has 7 heteroatoms. The van der Waals surface area contributed by atoms with Crippen LogP contribution in [0, 0.1) is 4.77 Å². The van der Waals surface area contributed by atoms with Gasteiger partial charge in [0.25, 0.3) is 5.56 Å². The summed E-state index contributed by atoms with van der Waals surface area (Å²) in [7, 11) is 0. The van der Waals surface area contributed by atoms with E-state index in [-0.39, 0.29) is 4.77 Å². The summed E-state index contributed by atoms with van der Waals surface area (Å²) in [5, 5.41) is 0. The van der Waals surface area contributed by atoms with E-state index in [0.717, 1.165) is 25.7 Å². The Balaban J connectivity index is 2.89. The Morgan fingerprint density at radius 3 is 2.50 bits per heavy atom. The van der Waals surface area contributed by atoms with Gasteiger partial charge in [0, 0.05) is 12.6 Å². The van der Waals surface area contributed by atoms with Crippen molar-refractivity contribution in [2.75, 3.05) is 0 Å². The molecule has 0 atom stereocenters. The van der Waals surface area contributed by atoms with Gasteiger partial charge in [0.1, 0.15) is 5.69 Å². The van der Waals surface area contributed by atoms with Gasteiger partial charge < -0.3 is 4.98 Å². The van der Waals surface area contributed by atoms with E-state index in [1.54, 1.807) is 0 Å². The van der Waals surface area contributed by atoms with Gasteiger partial charge in [-0.3, -0.25) is 9.36 Å². The molecule has 1 aromatic heterocycles. The van der Waals surface area contributed by atoms with Crippen molar-refractivity contribution in [3.05, 3.63) is 26.9 Å². The third-order valence-corrected chi connectivity index (χ3v) is 2.88. The van der Waals surface area contributed by atoms with Crippen molar-refractivity contribution in [3.8, 4) is 0 Å². The minimum atomic E-state index is -4.58. The summed E-state index contributed by atoms with van der Waals surface area (Å²) in [6.45, 7) is 2.41. The number of alkyl halides is 3. The lowest BCUT2D eigenvalue weighted by atomic mass is 10.2. The highest BCUT2D eigenvalue weighted by Crippen LogP contribution is 2.26. The number of rotatable bonds is 5. The third-order valence-electron chi connectivity index (χ3n) is 2.56. The fourth-order valence-corrected chi connectivity index (χ4v) is 1.87. The molecule has 1 heterocycles. The van der Waals surface area contributed by atoms with Gasteiger partial charge in [-0.1, -0.05) is 26.2 Å². The number of aromatic amines is 1. The standard InChI is InChI=1S/C11H15F3N2OS/c1-2-3-4-5-6-16-9(17)7-8(11(12,13)14)15-10(16)18/h7H,2-6H2,1H3,(H,15,18). The second kappa shape index (κ2) is 6.17. The lowest BCUT2D eigenvalue weighted by molar-refractivity contribution is -0.141. The van der Waals surface area contributed by atoms with Gasteiger partial charge in [-0.05, 0) is 18.6 Å². The van der Waals surface area contributed by atoms with E-state index >= 15 is 0 Å². The van der Waals surface area contributed by atoms with Crippen LogP contribution in [0.25, 0.3) is 0 Å². The van der Waals surface area contributed by atoms with E-state index in [1.807, 2.05) is 0 Å². The van der Waals surface area contributed by atoms with Crippen LogP contribution in [0.4, 0.5) is 13.2 Å². The number of H-pyrrole nitrogens is 1. The summed E-state index contributed by atoms with van der Waals surface area (Å²) in [4.78, 5) is 13.6. The summed E-state index contributed by atoms with van der Waals surface area (Å²) in [6, 6.07) is 0.551. The maximum absolute atomic E-state index is 12.4. The van der Waals surface area contributed by atoms with Gasteiger partial charge in [0.05, 0.1) is 0 Å². The van der Waals surface area contributed by atoms with Crippen molar-refractivity contribution in [2.24, 2.45) is 0 Å². The van der Waals surface area contributed by atoms with E-state index in [9.17, 15) is 18.0 Å². The molecule has 0 unspecified atom stereocenters. The molecule has 0 amide bonds. The van der Waals surface area contributed by atoms with Crippen LogP contribution < -0.4 is 5.56 Å². The number of hydrogen-bond donors (Lipinski definition) is 1. The maximum atomic E-state index is 12.4. The SMILES string of the molecule is CCCCCCn1c(=O)cc(C(F)(F)F)[nH]c1=S. The van der Waals surface area contributed by atoms with E-state index in [1.165, 1.54) is 4.57 Å². The summed E-state index contributed by atoms with van der Waals surface area (Å²) < 4.78 is 38.2. The smallest absolute Gasteiger partial charge is 0.328 e. The van der Waals surface area contributed by atoms with Gasteiger partial charge in [-0.2, -0.15) is 13.2 Å². The van der Waals surface area contributed by atoms with E-state index in [2.05, 4.69) is 11.9 Å². The molecule has 0 spiro atoms. The molecule has 102 valence electrons. The fourth-order valence-electron chi connectivity index (χ4n) is 1.58. The van der Waals surface area contributed by atoms with E-state index in [4.69, 9.17) is 12.2 Å². The van der Waals surface area contributed by atoms with Crippen LogP contribution in [0.15, 0.2) is 10.9 Å². The predicted molar refractivity (Wildman–Crippen MR) is 65.0 cm³/mol. The third kappa shape index (κ3) is 3.97. The molecule has 1 aromatic rings. The fraction of sp³-hybridized carbons (Fsp3) is 0.636. The number of unbranched alkanes of at least 4 members (excludes halogenated alkanes) is 3. The van der Waals surface area contributed by atoms with Crippen LogP contribution in [0.1, 0.15) is 38.3 Å². The molecular formula is C11H15F3N2OS. The summed E-state index contributed by atoms with van der Waals surface area (Å²) >= 11 is 4.78. The molecule has 0 aliphatic carbocycles. The number of nitrogens with zero attached hydrogens (tertiary/aromatic N) is 1. The van der Waals surface area contributed by atoms with Gasteiger partial charge in [0.2, 0.25) is 0 Å². The molecule has 0 radical (unpaired) electrons. The summed E-state index contributed by atoms with van der Waals surface area (Å²) in [5.41, 5.74) is -1.80. The highest BCUT2D eigenvalue weighted by Gasteiger charge is 2.32. The van der Waals surface area contributed by atoms with E-state index in [0.29, 0.717) is 12.6 Å². The van der Waals surface area contributed by atoms with Crippen molar-refractivity contribution in [3.63, 3.8) is 0 Å². The molecule has 3 nitrogen and oxygen atoms in total. The van der Waals surface area contributed by atoms with E-state index < -0.39 is 17.4 Å². The van der Waals surface area contributed by atoms with Gasteiger partial charge in [-0.25, -0.2) is 0 Å². The van der Waals surface area contributed by atoms with Crippen LogP contribution in [0.2, 0.25) is 0 Å². The predicted octanol–water partition coefficient (Wildman–Crippen LogP) is 3.50. The first-order valence-corrected chi connectivity index (χ1v) is 6.18. The van der Waals surface area contributed by atoms with Gasteiger partial charge >= 0.3 is 6.18 Å². The van der Waals surface area contributed by atoms with Crippen molar-refractivity contribution >= 4 is 12.2 Å². The maximum Gasteiger partial charge on any atom is 0.431 e. The molecule has 0 aliphatic heterocycles. The first-order valence-electron chi connectivity index (χ1n) is 5.77. The first kappa shape index (κ1) is 14.9. The lowest BCUT2D eigenvalue weighted by Gasteiger charge is -2.10. The molecule has 1 N–H and O–H groups in total. The van der Waals surface area contributed by atoms with Gasteiger partial charge in [0.15, 0.2) is 4.77 Å². The number of hydrogen-bond acceptors (Lipinski definition) is 2. The number of aromatic nitrogens is 2. The van der Waals surface area contributed by atoms with Gasteiger partial charge in [-0.15, -0.1) is 0 Å². The molecule has 0 fully saturated rings. The molecular weight excluding hydrogens is 265 g/mol. The lowest BCUT2D eigenvalue weighted by Crippen LogP contribution is -2.25. The minimum Gasteiger partial charge on any atom is -0.328 e. The largest absolute Gasteiger partial charge is 0.431 e.